The molecule has 2 heterocycles. The van der Waals surface area contributed by atoms with Crippen molar-refractivity contribution in [2.75, 3.05) is 19.3 Å². The van der Waals surface area contributed by atoms with E-state index >= 15 is 0 Å². The molecule has 8 nitrogen and oxygen atoms in total. The first-order valence-corrected chi connectivity index (χ1v) is 14.9. The van der Waals surface area contributed by atoms with E-state index < -0.39 is 40.1 Å². The average molecular weight is 524 g/mol. The second-order valence-corrected chi connectivity index (χ2v) is 12.4. The van der Waals surface area contributed by atoms with Crippen LogP contribution in [0.2, 0.25) is 0 Å². The van der Waals surface area contributed by atoms with Crippen LogP contribution in [0.4, 0.5) is 4.39 Å². The monoisotopic (exact) mass is 523 g/mol. The molecule has 0 bridgehead atoms. The quantitative estimate of drug-likeness (QED) is 0.565. The summed E-state index contributed by atoms with van der Waals surface area (Å²) in [7, 11) is -3.53. The smallest absolute Gasteiger partial charge is 0.245 e. The van der Waals surface area contributed by atoms with Crippen molar-refractivity contribution >= 4 is 21.8 Å². The summed E-state index contributed by atoms with van der Waals surface area (Å²) >= 11 is 0. The van der Waals surface area contributed by atoms with Crippen LogP contribution in [0.25, 0.3) is 0 Å². The number of hydrogen-bond acceptors (Lipinski definition) is 5. The third-order valence-corrected chi connectivity index (χ3v) is 9.36. The van der Waals surface area contributed by atoms with E-state index in [2.05, 4.69) is 5.32 Å². The molecule has 1 aromatic carbocycles. The van der Waals surface area contributed by atoms with Crippen molar-refractivity contribution in [3.8, 4) is 5.75 Å². The maximum atomic E-state index is 14.1. The van der Waals surface area contributed by atoms with Crippen LogP contribution < -0.4 is 10.1 Å². The molecular weight excluding hydrogens is 485 g/mol. The Labute approximate surface area is 213 Å². The lowest BCUT2D eigenvalue weighted by Crippen LogP contribution is -2.57. The molecule has 0 aromatic heterocycles. The van der Waals surface area contributed by atoms with E-state index in [0.717, 1.165) is 32.1 Å². The fourth-order valence-electron chi connectivity index (χ4n) is 5.92. The second kappa shape index (κ2) is 11.0. The normalized spacial score (nSPS) is 26.9. The minimum Gasteiger partial charge on any atom is -0.487 e. The molecule has 3 aliphatic rings. The van der Waals surface area contributed by atoms with Crippen LogP contribution >= 0.6 is 0 Å². The number of amides is 2. The number of likely N-dealkylation sites (tertiary alicyclic amines) is 1. The summed E-state index contributed by atoms with van der Waals surface area (Å²) in [6.45, 7) is 4.31. The van der Waals surface area contributed by atoms with Crippen molar-refractivity contribution in [1.82, 2.24) is 14.5 Å². The second-order valence-electron chi connectivity index (χ2n) is 10.5. The van der Waals surface area contributed by atoms with Gasteiger partial charge in [-0.15, -0.1) is 0 Å². The molecule has 2 aliphatic heterocycles. The maximum Gasteiger partial charge on any atom is 0.245 e. The van der Waals surface area contributed by atoms with Crippen molar-refractivity contribution < 1.29 is 27.1 Å². The fourth-order valence-corrected chi connectivity index (χ4v) is 7.06. The number of hydrogen-bond donors (Lipinski definition) is 1. The van der Waals surface area contributed by atoms with E-state index in [9.17, 15) is 22.4 Å². The van der Waals surface area contributed by atoms with Gasteiger partial charge in [0, 0.05) is 12.5 Å². The van der Waals surface area contributed by atoms with Gasteiger partial charge in [-0.2, -0.15) is 4.31 Å². The molecule has 5 atom stereocenters. The number of fused-ring (bicyclic) bond motifs is 1. The molecule has 1 aromatic rings. The summed E-state index contributed by atoms with van der Waals surface area (Å²) in [4.78, 5) is 28.7. The van der Waals surface area contributed by atoms with E-state index in [1.807, 2.05) is 13.8 Å². The Hall–Kier alpha value is -2.20. The molecule has 10 heteroatoms. The lowest BCUT2D eigenvalue weighted by atomic mass is 9.83. The third kappa shape index (κ3) is 5.69. The molecule has 4 rings (SSSR count). The molecule has 3 fully saturated rings. The van der Waals surface area contributed by atoms with Crippen LogP contribution in [0, 0.1) is 17.7 Å². The number of halogens is 1. The Kier molecular flexibility index (Phi) is 8.24. The van der Waals surface area contributed by atoms with Gasteiger partial charge >= 0.3 is 0 Å². The minimum absolute atomic E-state index is 0.0576. The molecule has 0 unspecified atom stereocenters. The first-order valence-electron chi connectivity index (χ1n) is 13.1. The number of carbonyl (C=O) groups excluding carboxylic acids is 2. The predicted octanol–water partition coefficient (Wildman–Crippen LogP) is 2.93. The van der Waals surface area contributed by atoms with Gasteiger partial charge in [-0.05, 0) is 55.9 Å². The van der Waals surface area contributed by atoms with Gasteiger partial charge in [0.1, 0.15) is 23.7 Å². The minimum atomic E-state index is -3.53. The Balaban J connectivity index is 1.61. The van der Waals surface area contributed by atoms with Gasteiger partial charge in [0.05, 0.1) is 24.9 Å². The Morgan fingerprint density at radius 1 is 1.14 bits per heavy atom. The van der Waals surface area contributed by atoms with Crippen LogP contribution in [0.1, 0.15) is 58.8 Å². The predicted molar refractivity (Wildman–Crippen MR) is 134 cm³/mol. The van der Waals surface area contributed by atoms with Gasteiger partial charge in [0.2, 0.25) is 21.8 Å². The highest BCUT2D eigenvalue weighted by Crippen LogP contribution is 2.37. The topological polar surface area (TPSA) is 96.0 Å². The van der Waals surface area contributed by atoms with E-state index in [0.29, 0.717) is 25.1 Å². The molecule has 1 aliphatic carbocycles. The highest BCUT2D eigenvalue weighted by Gasteiger charge is 2.55. The summed E-state index contributed by atoms with van der Waals surface area (Å²) in [6.07, 6.45) is 6.70. The van der Waals surface area contributed by atoms with Crippen LogP contribution in [-0.2, 0) is 19.6 Å². The number of nitrogens with one attached hydrogen (secondary N) is 1. The molecule has 1 saturated carbocycles. The summed E-state index contributed by atoms with van der Waals surface area (Å²) in [6, 6.07) is 4.08. The van der Waals surface area contributed by atoms with E-state index in [4.69, 9.17) is 4.74 Å². The molecule has 1 N–H and O–H groups in total. The van der Waals surface area contributed by atoms with Crippen LogP contribution in [-0.4, -0.2) is 73.0 Å². The highest BCUT2D eigenvalue weighted by molar-refractivity contribution is 7.88. The van der Waals surface area contributed by atoms with Crippen molar-refractivity contribution in [3.63, 3.8) is 0 Å². The van der Waals surface area contributed by atoms with E-state index in [1.165, 1.54) is 34.8 Å². The standard InChI is InChI=1S/C26H38FN3O5S/c1-4-17(2)25(31)28-23(18-8-6-5-7-9-18)26(32)29-15-14-21-24(29)22(16-30(21)36(3,33)34)35-20-12-10-19(27)11-13-20/h10-13,17-18,21-24H,4-9,14-16H2,1-3H3,(H,28,31)/t17-,21-,22+,23+,24+/m1/s1. The average Bonchev–Trinajstić information content (AvgIpc) is 3.44. The van der Waals surface area contributed by atoms with Crippen LogP contribution in [0.5, 0.6) is 5.75 Å². The van der Waals surface area contributed by atoms with Crippen molar-refractivity contribution in [2.45, 2.75) is 83.0 Å². The van der Waals surface area contributed by atoms with E-state index in [-0.39, 0.29) is 30.2 Å². The molecule has 2 amide bonds. The number of rotatable bonds is 8. The summed E-state index contributed by atoms with van der Waals surface area (Å²) in [5.41, 5.74) is 0. The Morgan fingerprint density at radius 2 is 1.81 bits per heavy atom. The number of sulfonamides is 1. The van der Waals surface area contributed by atoms with Crippen molar-refractivity contribution in [2.24, 2.45) is 11.8 Å². The van der Waals surface area contributed by atoms with Crippen LogP contribution in [0.15, 0.2) is 24.3 Å². The zero-order valence-corrected chi connectivity index (χ0v) is 22.2. The lowest BCUT2D eigenvalue weighted by Gasteiger charge is -2.36. The number of carbonyl (C=O) groups is 2. The molecular formula is C26H38FN3O5S. The van der Waals surface area contributed by atoms with Crippen LogP contribution in [0.3, 0.4) is 0 Å². The van der Waals surface area contributed by atoms with Gasteiger partial charge in [-0.3, -0.25) is 9.59 Å². The van der Waals surface area contributed by atoms with Crippen molar-refractivity contribution in [1.29, 1.82) is 0 Å². The fraction of sp³-hybridized carbons (Fsp3) is 0.692. The lowest BCUT2D eigenvalue weighted by molar-refractivity contribution is -0.141. The first kappa shape index (κ1) is 26.9. The third-order valence-electron chi connectivity index (χ3n) is 8.09. The van der Waals surface area contributed by atoms with E-state index in [1.54, 1.807) is 4.90 Å². The zero-order chi connectivity index (χ0) is 26.0. The van der Waals surface area contributed by atoms with Gasteiger partial charge in [0.25, 0.3) is 0 Å². The molecule has 0 radical (unpaired) electrons. The molecule has 2 saturated heterocycles. The SMILES string of the molecule is CC[C@@H](C)C(=O)N[C@H](C(=O)N1CC[C@@H]2[C@H]1[C@@H](Oc1ccc(F)cc1)CN2S(C)(=O)=O)C1CCCCC1. The number of nitrogens with zero attached hydrogens (tertiary/aromatic N) is 2. The summed E-state index contributed by atoms with van der Waals surface area (Å²) < 4.78 is 46.2. The van der Waals surface area contributed by atoms with Gasteiger partial charge < -0.3 is 15.0 Å². The van der Waals surface area contributed by atoms with Gasteiger partial charge in [0.15, 0.2) is 0 Å². The molecule has 36 heavy (non-hydrogen) atoms. The van der Waals surface area contributed by atoms with Gasteiger partial charge in [-0.25, -0.2) is 12.8 Å². The first-order chi connectivity index (χ1) is 17.1. The number of benzene rings is 1. The molecule has 0 spiro atoms. The Morgan fingerprint density at radius 3 is 2.42 bits per heavy atom. The maximum absolute atomic E-state index is 14.1. The highest BCUT2D eigenvalue weighted by atomic mass is 32.2. The largest absolute Gasteiger partial charge is 0.487 e. The summed E-state index contributed by atoms with van der Waals surface area (Å²) in [5, 5.41) is 3.06. The summed E-state index contributed by atoms with van der Waals surface area (Å²) in [5.74, 6) is -0.396. The molecule has 200 valence electrons. The van der Waals surface area contributed by atoms with Crippen molar-refractivity contribution in [3.05, 3.63) is 30.1 Å². The number of ether oxygens (including phenoxy) is 1. The van der Waals surface area contributed by atoms with Gasteiger partial charge in [-0.1, -0.05) is 33.1 Å². The Bertz CT molecular complexity index is 1040. The zero-order valence-electron chi connectivity index (χ0n) is 21.4.